The first-order valence-corrected chi connectivity index (χ1v) is 27.1. The lowest BCUT2D eigenvalue weighted by molar-refractivity contribution is -0.265. The number of carbonyl (C=O) groups is 5. The number of methoxy groups -OCH3 is 2. The van der Waals surface area contributed by atoms with Gasteiger partial charge in [0.05, 0.1) is 24.4 Å². The molecule has 0 aromatic heterocycles. The number of allylic oxidation sites excluding steroid dienone is 6. The Morgan fingerprint density at radius 2 is 1.64 bits per heavy atom. The van der Waals surface area contributed by atoms with Gasteiger partial charge in [0.1, 0.15) is 30.1 Å². The Labute approximate surface area is 438 Å². The molecule has 3 aliphatic heterocycles. The molecule has 18 heteroatoms. The molecule has 3 unspecified atom stereocenters. The molecule has 0 aromatic rings. The van der Waals surface area contributed by atoms with Crippen LogP contribution in [-0.4, -0.2) is 142 Å². The van der Waals surface area contributed by atoms with Crippen molar-refractivity contribution in [1.29, 1.82) is 0 Å². The molecule has 2 saturated carbocycles. The van der Waals surface area contributed by atoms with Crippen molar-refractivity contribution in [2.45, 2.75) is 211 Å². The molecule has 18 atom stereocenters. The van der Waals surface area contributed by atoms with Crippen molar-refractivity contribution in [2.75, 3.05) is 20.8 Å². The number of piperidine rings is 1. The smallest absolute Gasteiger partial charge is 0.329 e. The predicted octanol–water partition coefficient (Wildman–Crippen LogP) is 6.70. The molecule has 5 aliphatic rings. The van der Waals surface area contributed by atoms with Crippen molar-refractivity contribution in [3.63, 3.8) is 0 Å². The van der Waals surface area contributed by atoms with Crippen molar-refractivity contribution >= 4 is 29.2 Å². The second kappa shape index (κ2) is 27.3. The average Bonchev–Trinajstić information content (AvgIpc) is 3.81. The normalized spacial score (nSPS) is 41.9. The van der Waals surface area contributed by atoms with E-state index < -0.39 is 108 Å². The van der Waals surface area contributed by atoms with E-state index in [-0.39, 0.29) is 60.6 Å². The highest BCUT2D eigenvalue weighted by Crippen LogP contribution is 2.52. The molecule has 2 saturated heterocycles. The van der Waals surface area contributed by atoms with Crippen LogP contribution in [0.2, 0.25) is 0 Å². The number of nitrogens with two attached hydrogens (primary N) is 1. The standard InChI is InChI=1S/C56H87N5O13/c1-10-55(23-22-40(30-55)59-60-58)39-18-20-43-54(69)73-47(42(57)26-38-17-21-44(62)48(27-38)72-9)29-45(63)34(4)25-36(6)50(65)51(66)49(64)35(5)24-32(2)14-12-11-13-15-33(3)46(71-8)28-41-19-16-37(7)56(70,74-41)52(67)53(68)61(43)31-39/h11-15,25,32,34-35,37-44,46-48,50-51,62,65-66,70H,10,16-24,26-31,57H2,1-9H3/b13-11+,14-12+,33-15+,36-25+/t32-,34-,35-,37-,38+,39?,40?,41+,42-,43+,44-,46+,47+,48-,50-,51+,55?,56-/m1/s1. The number of aliphatic hydroxyl groups is 4. The number of amides is 1. The minimum Gasteiger partial charge on any atom is -0.459 e. The number of fused-ring (bicyclic) bond motifs is 3. The predicted molar refractivity (Wildman–Crippen MR) is 278 cm³/mol. The van der Waals surface area contributed by atoms with E-state index in [1.165, 1.54) is 25.0 Å². The van der Waals surface area contributed by atoms with Gasteiger partial charge in [0, 0.05) is 68.4 Å². The van der Waals surface area contributed by atoms with Gasteiger partial charge in [0.2, 0.25) is 5.79 Å². The molecular weight excluding hydrogens is 951 g/mol. The number of Topliss-reactive ketones (excluding diaryl/α,β-unsaturated/α-hetero) is 3. The van der Waals surface area contributed by atoms with Crippen LogP contribution in [0.1, 0.15) is 145 Å². The monoisotopic (exact) mass is 1040 g/mol. The summed E-state index contributed by atoms with van der Waals surface area (Å²) in [6.45, 7) is 12.3. The van der Waals surface area contributed by atoms with Crippen LogP contribution in [0.4, 0.5) is 0 Å². The summed E-state index contributed by atoms with van der Waals surface area (Å²) < 4.78 is 24.0. The third-order valence-electron chi connectivity index (χ3n) is 17.5. The van der Waals surface area contributed by atoms with E-state index in [0.717, 1.165) is 5.57 Å². The van der Waals surface area contributed by atoms with Gasteiger partial charge < -0.3 is 50.0 Å². The second-order valence-electron chi connectivity index (χ2n) is 22.6. The molecule has 1 amide bonds. The van der Waals surface area contributed by atoms with Crippen molar-refractivity contribution < 1.29 is 63.3 Å². The van der Waals surface area contributed by atoms with Crippen LogP contribution in [0, 0.1) is 40.9 Å². The lowest BCUT2D eigenvalue weighted by atomic mass is 9.67. The SMILES string of the molecule is CCC1(C2CC[C@H]3C(=O)O[C@H]([C@H](N)C[C@@H]4CC[C@@H](O)[C@H](OC)C4)CC(=O)[C@H](C)/C=C(\C)[C@@H](O)[C@@H](O)C(=O)[C@H](C)C[C@H](C)/C=C/C=C/C=C(\C)[C@@H](OC)C[C@@H]4CC[C@@H](C)[C@@](O)(O4)C(=O)C(=O)N3C2)CCC(N=[N+]=[N-])C1. The number of hydrogen-bond donors (Lipinski definition) is 5. The van der Waals surface area contributed by atoms with Crippen LogP contribution >= 0.6 is 0 Å². The van der Waals surface area contributed by atoms with Gasteiger partial charge in [-0.1, -0.05) is 82.6 Å². The molecular formula is C56H87N5O13. The third kappa shape index (κ3) is 14.9. The van der Waals surface area contributed by atoms with Crippen LogP contribution in [0.15, 0.2) is 52.7 Å². The molecule has 2 bridgehead atoms. The first-order valence-electron chi connectivity index (χ1n) is 27.1. The van der Waals surface area contributed by atoms with Crippen molar-refractivity contribution in [3.05, 3.63) is 58.0 Å². The molecule has 6 N–H and O–H groups in total. The van der Waals surface area contributed by atoms with E-state index >= 15 is 4.79 Å². The summed E-state index contributed by atoms with van der Waals surface area (Å²) in [6, 6.07) is -2.48. The maximum Gasteiger partial charge on any atom is 0.329 e. The number of carbonyl (C=O) groups excluding carboxylic acids is 5. The Bertz CT molecular complexity index is 2140. The summed E-state index contributed by atoms with van der Waals surface area (Å²) in [5.74, 6) is -9.34. The number of esters is 1. The van der Waals surface area contributed by atoms with Crippen LogP contribution in [-0.2, 0) is 42.9 Å². The van der Waals surface area contributed by atoms with Gasteiger partial charge >= 0.3 is 5.97 Å². The van der Waals surface area contributed by atoms with E-state index in [9.17, 15) is 45.1 Å². The summed E-state index contributed by atoms with van der Waals surface area (Å²) in [4.78, 5) is 76.7. The molecule has 74 heavy (non-hydrogen) atoms. The van der Waals surface area contributed by atoms with E-state index in [1.807, 2.05) is 51.2 Å². The Morgan fingerprint density at radius 3 is 2.31 bits per heavy atom. The van der Waals surface area contributed by atoms with E-state index in [1.54, 1.807) is 27.9 Å². The van der Waals surface area contributed by atoms with E-state index in [2.05, 4.69) is 10.0 Å². The highest BCUT2D eigenvalue weighted by atomic mass is 16.6. The number of azide groups is 1. The molecule has 2 aliphatic carbocycles. The fourth-order valence-electron chi connectivity index (χ4n) is 12.5. The second-order valence-corrected chi connectivity index (χ2v) is 22.6. The number of cyclic esters (lactones) is 1. The molecule has 5 rings (SSSR count). The van der Waals surface area contributed by atoms with Gasteiger partial charge in [0.15, 0.2) is 5.78 Å². The van der Waals surface area contributed by atoms with Gasteiger partial charge in [-0.3, -0.25) is 19.2 Å². The molecule has 0 aromatic carbocycles. The van der Waals surface area contributed by atoms with Gasteiger partial charge in [-0.05, 0) is 131 Å². The largest absolute Gasteiger partial charge is 0.459 e. The average molecular weight is 1040 g/mol. The van der Waals surface area contributed by atoms with Crippen LogP contribution in [0.3, 0.4) is 0 Å². The van der Waals surface area contributed by atoms with Crippen molar-refractivity contribution in [2.24, 2.45) is 51.8 Å². The van der Waals surface area contributed by atoms with Gasteiger partial charge in [-0.2, -0.15) is 0 Å². The summed E-state index contributed by atoms with van der Waals surface area (Å²) in [5, 5.41) is 49.2. The van der Waals surface area contributed by atoms with Crippen molar-refractivity contribution in [3.8, 4) is 0 Å². The lowest BCUT2D eigenvalue weighted by Gasteiger charge is -2.47. The third-order valence-corrected chi connectivity index (χ3v) is 17.5. The fraction of sp³-hybridized carbons (Fsp3) is 0.768. The molecule has 4 fully saturated rings. The number of nitrogens with zero attached hydrogens (tertiary/aromatic N) is 4. The Hall–Kier alpha value is -4.10. The quantitative estimate of drug-likeness (QED) is 0.0422. The number of rotatable bonds is 8. The first kappa shape index (κ1) is 60.8. The zero-order valence-electron chi connectivity index (χ0n) is 45.3. The lowest BCUT2D eigenvalue weighted by Crippen LogP contribution is -2.62. The fourth-order valence-corrected chi connectivity index (χ4v) is 12.5. The summed E-state index contributed by atoms with van der Waals surface area (Å²) in [6.07, 6.45) is 10.0. The maximum atomic E-state index is 15.0. The zero-order chi connectivity index (χ0) is 54.7. The summed E-state index contributed by atoms with van der Waals surface area (Å²) in [5.41, 5.74) is 16.9. The van der Waals surface area contributed by atoms with E-state index in [0.29, 0.717) is 77.0 Å². The summed E-state index contributed by atoms with van der Waals surface area (Å²) in [7, 11) is 3.08. The topological polar surface area (TPSA) is 281 Å². The molecule has 414 valence electrons. The number of hydrogen-bond acceptors (Lipinski definition) is 15. The highest BCUT2D eigenvalue weighted by molar-refractivity contribution is 6.39. The summed E-state index contributed by atoms with van der Waals surface area (Å²) >= 11 is 0. The number of ether oxygens (including phenoxy) is 4. The van der Waals surface area contributed by atoms with Gasteiger partial charge in [-0.15, -0.1) is 0 Å². The molecule has 18 nitrogen and oxygen atoms in total. The van der Waals surface area contributed by atoms with Gasteiger partial charge in [-0.25, -0.2) is 4.79 Å². The zero-order valence-corrected chi connectivity index (χ0v) is 45.3. The Balaban J connectivity index is 1.55. The number of aliphatic hydroxyl groups excluding tert-OH is 3. The maximum absolute atomic E-state index is 15.0. The minimum atomic E-state index is -2.54. The Morgan fingerprint density at radius 1 is 0.905 bits per heavy atom. The molecule has 0 radical (unpaired) electrons. The minimum absolute atomic E-state index is 0.0402. The first-order chi connectivity index (χ1) is 35.0. The molecule has 3 heterocycles. The van der Waals surface area contributed by atoms with Crippen LogP contribution in [0.25, 0.3) is 10.4 Å². The van der Waals surface area contributed by atoms with Gasteiger partial charge in [0.25, 0.3) is 11.7 Å². The van der Waals surface area contributed by atoms with Crippen molar-refractivity contribution in [1.82, 2.24) is 4.90 Å². The van der Waals surface area contributed by atoms with Crippen LogP contribution in [0.5, 0.6) is 0 Å². The Kier molecular flexibility index (Phi) is 22.4. The molecule has 0 spiro atoms. The van der Waals surface area contributed by atoms with E-state index in [4.69, 9.17) is 24.7 Å². The van der Waals surface area contributed by atoms with Crippen LogP contribution < -0.4 is 5.73 Å². The highest BCUT2D eigenvalue weighted by Gasteiger charge is 2.55. The number of ketones is 3.